The number of aryl methyl sites for hydroxylation is 1. The number of hydrogen-bond donors (Lipinski definition) is 2. The Morgan fingerprint density at radius 3 is 2.79 bits per heavy atom. The number of pyridine rings is 3. The quantitative estimate of drug-likeness (QED) is 0.511. The van der Waals surface area contributed by atoms with Crippen LogP contribution in [0.2, 0.25) is 0 Å². The molecule has 10 heteroatoms. The largest absolute Gasteiger partial charge is 0.483 e. The summed E-state index contributed by atoms with van der Waals surface area (Å²) in [6.45, 7) is 4.48. The van der Waals surface area contributed by atoms with Gasteiger partial charge in [-0.2, -0.15) is 4.39 Å². The molecule has 0 unspecified atom stereocenters. The standard InChI is InChI=1S/C24H25F2N5O3.2H2/c1-3-13-8-17-21(30-23(13)32)20(25)14(9-27-17)10-31-11-19(12(31)2)34-18-7-6-16(29-22(18)26)24(33)28-15-4-5-15;;/h6-9,12,15,19H,3-5,10-11H2,1-2H3,(H,28,33)(H,30,32);2*1H/t12-,19+;;/m1../s1. The first-order valence-electron chi connectivity index (χ1n) is 11.4. The smallest absolute Gasteiger partial charge is 0.270 e. The molecule has 5 rings (SSSR count). The number of rotatable bonds is 7. The van der Waals surface area contributed by atoms with Crippen molar-refractivity contribution >= 4 is 16.9 Å². The van der Waals surface area contributed by atoms with Crippen molar-refractivity contribution in [1.82, 2.24) is 25.2 Å². The number of ether oxygens (including phenoxy) is 1. The molecule has 4 heterocycles. The lowest BCUT2D eigenvalue weighted by molar-refractivity contribution is -0.0437. The van der Waals surface area contributed by atoms with E-state index in [4.69, 9.17) is 4.74 Å². The fourth-order valence-electron chi connectivity index (χ4n) is 4.06. The molecule has 3 aromatic rings. The number of carbonyl (C=O) groups is 1. The maximum absolute atomic E-state index is 15.1. The van der Waals surface area contributed by atoms with Gasteiger partial charge in [-0.25, -0.2) is 9.37 Å². The van der Waals surface area contributed by atoms with Crippen LogP contribution in [0.3, 0.4) is 0 Å². The van der Waals surface area contributed by atoms with Crippen LogP contribution >= 0.6 is 0 Å². The van der Waals surface area contributed by atoms with E-state index in [-0.39, 0.29) is 50.1 Å². The fourth-order valence-corrected chi connectivity index (χ4v) is 4.06. The van der Waals surface area contributed by atoms with Gasteiger partial charge in [-0.1, -0.05) is 6.92 Å². The van der Waals surface area contributed by atoms with E-state index in [0.717, 1.165) is 12.8 Å². The Morgan fingerprint density at radius 2 is 2.12 bits per heavy atom. The first kappa shape index (κ1) is 22.4. The van der Waals surface area contributed by atoms with Crippen LogP contribution in [0.1, 0.15) is 51.2 Å². The summed E-state index contributed by atoms with van der Waals surface area (Å²) < 4.78 is 35.2. The molecule has 0 bridgehead atoms. The number of hydrogen-bond acceptors (Lipinski definition) is 6. The number of halogens is 2. The lowest BCUT2D eigenvalue weighted by atomic mass is 9.99. The molecule has 0 radical (unpaired) electrons. The van der Waals surface area contributed by atoms with Gasteiger partial charge in [0.2, 0.25) is 0 Å². The van der Waals surface area contributed by atoms with Crippen LogP contribution < -0.4 is 15.6 Å². The van der Waals surface area contributed by atoms with Gasteiger partial charge in [-0.05, 0) is 44.4 Å². The normalized spacial score (nSPS) is 20.2. The maximum Gasteiger partial charge on any atom is 0.270 e. The number of nitrogens with one attached hydrogen (secondary N) is 2. The topological polar surface area (TPSA) is 100 Å². The van der Waals surface area contributed by atoms with Crippen LogP contribution in [0, 0.1) is 11.8 Å². The summed E-state index contributed by atoms with van der Waals surface area (Å²) in [7, 11) is 0. The van der Waals surface area contributed by atoms with Crippen molar-refractivity contribution in [2.24, 2.45) is 0 Å². The molecule has 2 N–H and O–H groups in total. The number of nitrogens with zero attached hydrogens (tertiary/aromatic N) is 3. The monoisotopic (exact) mass is 473 g/mol. The number of likely N-dealkylation sites (tertiary alicyclic amines) is 1. The Labute approximate surface area is 197 Å². The van der Waals surface area contributed by atoms with E-state index >= 15 is 4.39 Å². The summed E-state index contributed by atoms with van der Waals surface area (Å²) in [5.41, 5.74) is 1.12. The van der Waals surface area contributed by atoms with Crippen molar-refractivity contribution in [1.29, 1.82) is 0 Å². The van der Waals surface area contributed by atoms with E-state index in [1.54, 1.807) is 6.07 Å². The Hall–Kier alpha value is -3.40. The van der Waals surface area contributed by atoms with Gasteiger partial charge in [0, 0.05) is 45.4 Å². The highest BCUT2D eigenvalue weighted by Gasteiger charge is 2.38. The zero-order valence-corrected chi connectivity index (χ0v) is 18.9. The van der Waals surface area contributed by atoms with Crippen LogP contribution in [-0.2, 0) is 13.0 Å². The summed E-state index contributed by atoms with van der Waals surface area (Å²) in [6, 6.07) is 4.51. The fraction of sp³-hybridized carbons (Fsp3) is 0.417. The highest BCUT2D eigenvalue weighted by Crippen LogP contribution is 2.28. The first-order chi connectivity index (χ1) is 16.3. The molecule has 8 nitrogen and oxygen atoms in total. The average Bonchev–Trinajstić information content (AvgIpc) is 3.64. The molecule has 1 saturated heterocycles. The van der Waals surface area contributed by atoms with Gasteiger partial charge in [0.25, 0.3) is 17.4 Å². The van der Waals surface area contributed by atoms with Gasteiger partial charge in [0.15, 0.2) is 11.6 Å². The SMILES string of the molecule is CCc1cc2ncc(CN3C[C@H](Oc4ccc(C(=O)NC5CC5)nc4F)[C@H]3C)c(F)c2[nH]c1=O.[HH].[HH]. The highest BCUT2D eigenvalue weighted by atomic mass is 19.1. The van der Waals surface area contributed by atoms with E-state index in [1.807, 2.05) is 18.7 Å². The van der Waals surface area contributed by atoms with Crippen LogP contribution in [0.4, 0.5) is 8.78 Å². The Bertz CT molecular complexity index is 1340. The zero-order valence-electron chi connectivity index (χ0n) is 18.9. The molecule has 2 atom stereocenters. The molecule has 1 saturated carbocycles. The number of carbonyl (C=O) groups excluding carboxylic acids is 1. The molecule has 1 aliphatic heterocycles. The number of aromatic amines is 1. The Morgan fingerprint density at radius 1 is 1.32 bits per heavy atom. The van der Waals surface area contributed by atoms with Crippen molar-refractivity contribution in [3.63, 3.8) is 0 Å². The average molecular weight is 474 g/mol. The third-order valence-corrected chi connectivity index (χ3v) is 6.48. The predicted molar refractivity (Wildman–Crippen MR) is 125 cm³/mol. The molecule has 1 aliphatic carbocycles. The maximum atomic E-state index is 15.1. The van der Waals surface area contributed by atoms with E-state index in [9.17, 15) is 14.0 Å². The van der Waals surface area contributed by atoms with E-state index < -0.39 is 17.7 Å². The number of H-pyrrole nitrogens is 1. The van der Waals surface area contributed by atoms with E-state index in [2.05, 4.69) is 20.3 Å². The van der Waals surface area contributed by atoms with Gasteiger partial charge in [-0.15, -0.1) is 0 Å². The van der Waals surface area contributed by atoms with Crippen molar-refractivity contribution < 1.29 is 21.2 Å². The molecule has 34 heavy (non-hydrogen) atoms. The lowest BCUT2D eigenvalue weighted by Crippen LogP contribution is -2.60. The molecule has 2 fully saturated rings. The van der Waals surface area contributed by atoms with Gasteiger partial charge in [0.05, 0.1) is 5.52 Å². The zero-order chi connectivity index (χ0) is 24.0. The predicted octanol–water partition coefficient (Wildman–Crippen LogP) is 3.19. The molecule has 0 spiro atoms. The summed E-state index contributed by atoms with van der Waals surface area (Å²) >= 11 is 0. The summed E-state index contributed by atoms with van der Waals surface area (Å²) in [5, 5.41) is 2.77. The van der Waals surface area contributed by atoms with Crippen LogP contribution in [0.5, 0.6) is 5.75 Å². The Kier molecular flexibility index (Phi) is 5.76. The van der Waals surface area contributed by atoms with Crippen molar-refractivity contribution in [2.75, 3.05) is 6.54 Å². The highest BCUT2D eigenvalue weighted by molar-refractivity contribution is 5.92. The second kappa shape index (κ2) is 8.75. The lowest BCUT2D eigenvalue weighted by Gasteiger charge is -2.45. The molecular formula is C24H29F2N5O3. The molecular weight excluding hydrogens is 444 g/mol. The van der Waals surface area contributed by atoms with E-state index in [1.165, 1.54) is 18.3 Å². The molecule has 2 aliphatic rings. The minimum atomic E-state index is -0.839. The van der Waals surface area contributed by atoms with Crippen molar-refractivity contribution in [2.45, 2.75) is 57.8 Å². The second-order valence-electron chi connectivity index (χ2n) is 8.89. The first-order valence-corrected chi connectivity index (χ1v) is 11.4. The number of amides is 1. The minimum Gasteiger partial charge on any atom is -0.483 e. The third-order valence-electron chi connectivity index (χ3n) is 6.48. The van der Waals surface area contributed by atoms with Gasteiger partial charge in [-0.3, -0.25) is 19.5 Å². The minimum absolute atomic E-state index is 0. The number of fused-ring (bicyclic) bond motifs is 1. The van der Waals surface area contributed by atoms with Crippen LogP contribution in [0.15, 0.2) is 29.2 Å². The Balaban J connectivity index is 0.00000180. The molecule has 182 valence electrons. The second-order valence-corrected chi connectivity index (χ2v) is 8.89. The summed E-state index contributed by atoms with van der Waals surface area (Å²) in [4.78, 5) is 36.7. The van der Waals surface area contributed by atoms with Crippen LogP contribution in [0.25, 0.3) is 11.0 Å². The third kappa shape index (κ3) is 4.25. The van der Waals surface area contributed by atoms with Gasteiger partial charge in [0.1, 0.15) is 17.3 Å². The molecule has 0 aromatic carbocycles. The van der Waals surface area contributed by atoms with Gasteiger partial charge < -0.3 is 15.0 Å². The van der Waals surface area contributed by atoms with Crippen LogP contribution in [-0.4, -0.2) is 50.5 Å². The molecule has 1 amide bonds. The number of aromatic nitrogens is 3. The summed E-state index contributed by atoms with van der Waals surface area (Å²) in [6.07, 6.45) is 3.57. The van der Waals surface area contributed by atoms with Crippen molar-refractivity contribution in [3.8, 4) is 5.75 Å². The van der Waals surface area contributed by atoms with E-state index in [0.29, 0.717) is 29.6 Å². The molecule has 3 aromatic heterocycles. The van der Waals surface area contributed by atoms with Gasteiger partial charge >= 0.3 is 0 Å². The van der Waals surface area contributed by atoms with Crippen molar-refractivity contribution in [3.05, 3.63) is 63.3 Å². The summed E-state index contributed by atoms with van der Waals surface area (Å²) in [5.74, 6) is -1.76.